The third kappa shape index (κ3) is 3.41. The summed E-state index contributed by atoms with van der Waals surface area (Å²) in [4.78, 5) is 20.6. The van der Waals surface area contributed by atoms with E-state index in [1.807, 2.05) is 42.5 Å². The number of nitrogens with zero attached hydrogens (tertiary/aromatic N) is 2. The molecule has 0 saturated heterocycles. The van der Waals surface area contributed by atoms with Crippen LogP contribution >= 0.6 is 11.6 Å². The molecule has 0 aliphatic rings. The molecule has 3 aromatic rings. The molecular weight excluding hydrogens is 326 g/mol. The van der Waals surface area contributed by atoms with E-state index in [0.717, 1.165) is 16.8 Å². The van der Waals surface area contributed by atoms with Crippen LogP contribution in [0.5, 0.6) is 6.01 Å². The number of imidazole rings is 1. The zero-order valence-electron chi connectivity index (χ0n) is 13.3. The van der Waals surface area contributed by atoms with Crippen LogP contribution in [-0.2, 0) is 0 Å². The first-order valence-corrected chi connectivity index (χ1v) is 7.73. The predicted octanol–water partition coefficient (Wildman–Crippen LogP) is 4.46. The van der Waals surface area contributed by atoms with Gasteiger partial charge >= 0.3 is 12.1 Å². The topological polar surface area (TPSA) is 58.2 Å². The van der Waals surface area contributed by atoms with Crippen molar-refractivity contribution in [1.29, 1.82) is 0 Å². The van der Waals surface area contributed by atoms with Crippen molar-refractivity contribution in [2.45, 2.75) is 0 Å². The monoisotopic (exact) mass is 341 g/mol. The number of hydrogen-bond acceptors (Lipinski definition) is 3. The minimum atomic E-state index is -0.494. The highest BCUT2D eigenvalue weighted by Gasteiger charge is 2.17. The lowest BCUT2D eigenvalue weighted by Crippen LogP contribution is -2.25. The number of hydrogen-bond donors (Lipinski definition) is 1. The second kappa shape index (κ2) is 6.76. The first-order valence-electron chi connectivity index (χ1n) is 7.35. The summed E-state index contributed by atoms with van der Waals surface area (Å²) in [5.41, 5.74) is 3.29. The summed E-state index contributed by atoms with van der Waals surface area (Å²) in [6, 6.07) is 17.2. The molecular formula is C18H16ClN3O2. The van der Waals surface area contributed by atoms with Crippen LogP contribution < -0.4 is 4.74 Å². The van der Waals surface area contributed by atoms with Crippen molar-refractivity contribution in [3.8, 4) is 28.5 Å². The maximum Gasteiger partial charge on any atom is 0.417 e. The van der Waals surface area contributed by atoms with Gasteiger partial charge in [-0.15, -0.1) is 0 Å². The van der Waals surface area contributed by atoms with Crippen molar-refractivity contribution in [3.05, 3.63) is 59.6 Å². The van der Waals surface area contributed by atoms with Crippen LogP contribution in [0.2, 0.25) is 5.02 Å². The highest BCUT2D eigenvalue weighted by atomic mass is 35.5. The van der Waals surface area contributed by atoms with Gasteiger partial charge in [0.2, 0.25) is 0 Å². The van der Waals surface area contributed by atoms with Gasteiger partial charge in [0, 0.05) is 30.2 Å². The molecule has 0 spiro atoms. The van der Waals surface area contributed by atoms with Gasteiger partial charge in [-0.1, -0.05) is 54.1 Å². The van der Waals surface area contributed by atoms with E-state index in [1.54, 1.807) is 26.2 Å². The first-order chi connectivity index (χ1) is 11.5. The molecule has 3 rings (SSSR count). The van der Waals surface area contributed by atoms with Gasteiger partial charge in [-0.25, -0.2) is 4.79 Å². The molecule has 0 saturated carbocycles. The maximum atomic E-state index is 11.8. The molecule has 1 aromatic heterocycles. The molecule has 0 atom stereocenters. The minimum absolute atomic E-state index is 0.150. The van der Waals surface area contributed by atoms with E-state index in [4.69, 9.17) is 16.3 Å². The van der Waals surface area contributed by atoms with Crippen LogP contribution in [0.3, 0.4) is 0 Å². The maximum absolute atomic E-state index is 11.8. The van der Waals surface area contributed by atoms with Gasteiger partial charge in [0.15, 0.2) is 0 Å². The molecule has 122 valence electrons. The van der Waals surface area contributed by atoms with Gasteiger partial charge in [0.25, 0.3) is 0 Å². The van der Waals surface area contributed by atoms with Gasteiger partial charge < -0.3 is 14.6 Å². The number of carbonyl (C=O) groups excluding carboxylic acids is 1. The molecule has 5 nitrogen and oxygen atoms in total. The molecule has 0 aliphatic carbocycles. The summed E-state index contributed by atoms with van der Waals surface area (Å²) in [5.74, 6) is 0. The zero-order chi connectivity index (χ0) is 17.1. The summed E-state index contributed by atoms with van der Waals surface area (Å²) >= 11 is 5.96. The number of nitrogens with one attached hydrogen (secondary N) is 1. The van der Waals surface area contributed by atoms with Crippen LogP contribution in [0, 0.1) is 0 Å². The van der Waals surface area contributed by atoms with E-state index in [1.165, 1.54) is 4.90 Å². The van der Waals surface area contributed by atoms with Gasteiger partial charge in [0.1, 0.15) is 5.69 Å². The third-order valence-corrected chi connectivity index (χ3v) is 3.66. The van der Waals surface area contributed by atoms with Crippen molar-refractivity contribution < 1.29 is 9.53 Å². The van der Waals surface area contributed by atoms with Gasteiger partial charge in [0.05, 0.1) is 5.69 Å². The first kappa shape index (κ1) is 16.1. The Balaban J connectivity index is 2.06. The second-order valence-electron chi connectivity index (χ2n) is 5.40. The van der Waals surface area contributed by atoms with Crippen molar-refractivity contribution >= 4 is 17.7 Å². The van der Waals surface area contributed by atoms with Crippen LogP contribution in [-0.4, -0.2) is 35.1 Å². The molecule has 0 bridgehead atoms. The van der Waals surface area contributed by atoms with Crippen LogP contribution in [0.15, 0.2) is 54.6 Å². The van der Waals surface area contributed by atoms with E-state index >= 15 is 0 Å². The number of aromatic amines is 1. The summed E-state index contributed by atoms with van der Waals surface area (Å²) in [6.45, 7) is 0. The molecule has 24 heavy (non-hydrogen) atoms. The Morgan fingerprint density at radius 1 is 1.04 bits per heavy atom. The normalized spacial score (nSPS) is 10.5. The molecule has 2 aromatic carbocycles. The summed E-state index contributed by atoms with van der Waals surface area (Å²) < 4.78 is 5.26. The summed E-state index contributed by atoms with van der Waals surface area (Å²) in [7, 11) is 3.23. The zero-order valence-corrected chi connectivity index (χ0v) is 14.0. The number of aromatic nitrogens is 2. The largest absolute Gasteiger partial charge is 0.417 e. The van der Waals surface area contributed by atoms with Crippen molar-refractivity contribution in [2.75, 3.05) is 14.1 Å². The van der Waals surface area contributed by atoms with E-state index in [2.05, 4.69) is 9.97 Å². The number of amides is 1. The molecule has 0 radical (unpaired) electrons. The van der Waals surface area contributed by atoms with E-state index in [-0.39, 0.29) is 6.01 Å². The molecule has 0 fully saturated rings. The highest BCUT2D eigenvalue weighted by molar-refractivity contribution is 6.30. The van der Waals surface area contributed by atoms with E-state index in [0.29, 0.717) is 10.7 Å². The quantitative estimate of drug-likeness (QED) is 0.765. The van der Waals surface area contributed by atoms with Gasteiger partial charge in [-0.2, -0.15) is 4.98 Å². The van der Waals surface area contributed by atoms with Gasteiger partial charge in [-0.3, -0.25) is 0 Å². The Hall–Kier alpha value is -2.79. The standard InChI is InChI=1S/C18H16ClN3O2/c1-22(2)18(23)24-17-20-15(12-6-4-3-5-7-12)16(21-17)13-8-10-14(19)11-9-13/h3-11H,1-2H3,(H,20,21). The average Bonchev–Trinajstić information content (AvgIpc) is 3.00. The lowest BCUT2D eigenvalue weighted by Gasteiger charge is -2.07. The lowest BCUT2D eigenvalue weighted by atomic mass is 10.1. The summed E-state index contributed by atoms with van der Waals surface area (Å²) in [5, 5.41) is 0.648. The SMILES string of the molecule is CN(C)C(=O)Oc1nc(-c2ccc(Cl)cc2)c(-c2ccccc2)[nH]1. The Kier molecular flexibility index (Phi) is 4.53. The molecule has 1 heterocycles. The number of ether oxygens (including phenoxy) is 1. The second-order valence-corrected chi connectivity index (χ2v) is 5.84. The Morgan fingerprint density at radius 3 is 2.33 bits per heavy atom. The number of halogens is 1. The predicted molar refractivity (Wildman–Crippen MR) is 94.2 cm³/mol. The Labute approximate surface area is 144 Å². The third-order valence-electron chi connectivity index (χ3n) is 3.41. The van der Waals surface area contributed by atoms with E-state index < -0.39 is 6.09 Å². The molecule has 6 heteroatoms. The number of benzene rings is 2. The smallest absolute Gasteiger partial charge is 0.375 e. The van der Waals surface area contributed by atoms with Crippen molar-refractivity contribution in [1.82, 2.24) is 14.9 Å². The molecule has 0 aliphatic heterocycles. The Bertz CT molecular complexity index is 842. The fraction of sp³-hybridized carbons (Fsp3) is 0.111. The fourth-order valence-corrected chi connectivity index (χ4v) is 2.33. The molecule has 1 amide bonds. The minimum Gasteiger partial charge on any atom is -0.375 e. The summed E-state index contributed by atoms with van der Waals surface area (Å²) in [6.07, 6.45) is -0.494. The van der Waals surface area contributed by atoms with Gasteiger partial charge in [-0.05, 0) is 12.1 Å². The number of carbonyl (C=O) groups is 1. The average molecular weight is 342 g/mol. The van der Waals surface area contributed by atoms with Crippen LogP contribution in [0.4, 0.5) is 4.79 Å². The van der Waals surface area contributed by atoms with Crippen molar-refractivity contribution in [3.63, 3.8) is 0 Å². The number of rotatable bonds is 3. The van der Waals surface area contributed by atoms with Crippen molar-refractivity contribution in [2.24, 2.45) is 0 Å². The Morgan fingerprint density at radius 2 is 1.71 bits per heavy atom. The van der Waals surface area contributed by atoms with Crippen LogP contribution in [0.25, 0.3) is 22.5 Å². The molecule has 0 unspecified atom stereocenters. The lowest BCUT2D eigenvalue weighted by molar-refractivity contribution is 0.168. The fourth-order valence-electron chi connectivity index (χ4n) is 2.20. The molecule has 1 N–H and O–H groups in total. The van der Waals surface area contributed by atoms with Crippen LogP contribution in [0.1, 0.15) is 0 Å². The highest BCUT2D eigenvalue weighted by Crippen LogP contribution is 2.32. The number of H-pyrrole nitrogens is 1. The van der Waals surface area contributed by atoms with E-state index in [9.17, 15) is 4.79 Å².